The predicted molar refractivity (Wildman–Crippen MR) is 146 cm³/mol. The Balaban J connectivity index is 1.42. The molecular weight excluding hydrogens is 542 g/mol. The van der Waals surface area contributed by atoms with Crippen molar-refractivity contribution in [1.29, 1.82) is 5.26 Å². The van der Waals surface area contributed by atoms with Gasteiger partial charge in [-0.15, -0.1) is 5.10 Å². The number of anilines is 3. The Kier molecular flexibility index (Phi) is 6.70. The topological polar surface area (TPSA) is 114 Å². The molecular formula is C27H19Cl2FN8O. The quantitative estimate of drug-likeness (QED) is 0.247. The summed E-state index contributed by atoms with van der Waals surface area (Å²) in [5.74, 6) is -0.542. The van der Waals surface area contributed by atoms with E-state index in [0.29, 0.717) is 51.9 Å². The first-order chi connectivity index (χ1) is 19.0. The number of aromatic nitrogens is 5. The van der Waals surface area contributed by atoms with Crippen LogP contribution in [0.25, 0.3) is 10.9 Å². The summed E-state index contributed by atoms with van der Waals surface area (Å²) in [7, 11) is 0. The Morgan fingerprint density at radius 1 is 1.10 bits per heavy atom. The van der Waals surface area contributed by atoms with Gasteiger partial charge in [-0.25, -0.2) is 9.07 Å². The Hall–Kier alpha value is -4.30. The molecule has 3 aromatic heterocycles. The van der Waals surface area contributed by atoms with E-state index in [1.807, 2.05) is 24.4 Å². The number of nitriles is 1. The van der Waals surface area contributed by atoms with E-state index in [4.69, 9.17) is 27.9 Å². The molecule has 0 bridgehead atoms. The fourth-order valence-electron chi connectivity index (χ4n) is 4.30. The smallest absolute Gasteiger partial charge is 0.141 e. The zero-order chi connectivity index (χ0) is 26.9. The van der Waals surface area contributed by atoms with Crippen molar-refractivity contribution < 1.29 is 9.13 Å². The maximum Gasteiger partial charge on any atom is 0.141 e. The summed E-state index contributed by atoms with van der Waals surface area (Å²) in [5.41, 5.74) is 3.95. The third kappa shape index (κ3) is 4.95. The van der Waals surface area contributed by atoms with Crippen molar-refractivity contribution in [2.24, 2.45) is 0 Å². The summed E-state index contributed by atoms with van der Waals surface area (Å²) in [6.45, 7) is 1.19. The van der Waals surface area contributed by atoms with Crippen molar-refractivity contribution in [2.75, 3.05) is 23.8 Å². The van der Waals surface area contributed by atoms with Crippen molar-refractivity contribution in [1.82, 2.24) is 25.0 Å². The lowest BCUT2D eigenvalue weighted by Gasteiger charge is -2.25. The fraction of sp³-hybridized carbons (Fsp3) is 0.148. The van der Waals surface area contributed by atoms with Crippen LogP contribution in [0.4, 0.5) is 21.5 Å². The average molecular weight is 561 g/mol. The van der Waals surface area contributed by atoms with Gasteiger partial charge in [0.15, 0.2) is 0 Å². The minimum atomic E-state index is -0.542. The summed E-state index contributed by atoms with van der Waals surface area (Å²) in [4.78, 5) is 8.68. The van der Waals surface area contributed by atoms with Crippen LogP contribution in [0.3, 0.4) is 0 Å². The van der Waals surface area contributed by atoms with Gasteiger partial charge in [0, 0.05) is 35.4 Å². The van der Waals surface area contributed by atoms with Crippen molar-refractivity contribution in [3.05, 3.63) is 99.9 Å². The van der Waals surface area contributed by atoms with Gasteiger partial charge < -0.3 is 15.4 Å². The number of nitrogens with zero attached hydrogens (tertiary/aromatic N) is 6. The highest BCUT2D eigenvalue weighted by Crippen LogP contribution is 2.37. The van der Waals surface area contributed by atoms with Crippen LogP contribution in [-0.4, -0.2) is 38.2 Å². The SMILES string of the molecule is N#Cc1cnc2c(Cl)cc(NC(c3cccnc3)c3cn(C4COC4)nn3)cc2c1Nc1ccc(F)c(Cl)c1. The number of hydrogen-bond donors (Lipinski definition) is 2. The van der Waals surface area contributed by atoms with Gasteiger partial charge in [-0.3, -0.25) is 9.97 Å². The van der Waals surface area contributed by atoms with Gasteiger partial charge in [-0.2, -0.15) is 5.26 Å². The lowest BCUT2D eigenvalue weighted by molar-refractivity contribution is -0.0293. The first-order valence-electron chi connectivity index (χ1n) is 11.9. The minimum absolute atomic E-state index is 0.0434. The van der Waals surface area contributed by atoms with Crippen molar-refractivity contribution in [3.63, 3.8) is 0 Å². The van der Waals surface area contributed by atoms with E-state index in [1.165, 1.54) is 24.4 Å². The molecule has 5 aromatic rings. The monoisotopic (exact) mass is 560 g/mol. The molecule has 2 N–H and O–H groups in total. The number of halogens is 3. The van der Waals surface area contributed by atoms with Crippen LogP contribution < -0.4 is 10.6 Å². The molecule has 39 heavy (non-hydrogen) atoms. The number of benzene rings is 2. The van der Waals surface area contributed by atoms with Gasteiger partial charge in [-0.1, -0.05) is 34.5 Å². The van der Waals surface area contributed by atoms with Crippen LogP contribution in [0.15, 0.2) is 67.3 Å². The van der Waals surface area contributed by atoms with Gasteiger partial charge in [0.25, 0.3) is 0 Å². The second kappa shape index (κ2) is 10.5. The number of fused-ring (bicyclic) bond motifs is 1. The van der Waals surface area contributed by atoms with E-state index in [-0.39, 0.29) is 16.6 Å². The molecule has 1 unspecified atom stereocenters. The Morgan fingerprint density at radius 3 is 2.67 bits per heavy atom. The van der Waals surface area contributed by atoms with E-state index in [1.54, 1.807) is 23.1 Å². The summed E-state index contributed by atoms with van der Waals surface area (Å²) in [6, 6.07) is 13.5. The summed E-state index contributed by atoms with van der Waals surface area (Å²) >= 11 is 12.7. The van der Waals surface area contributed by atoms with E-state index >= 15 is 0 Å². The van der Waals surface area contributed by atoms with Crippen LogP contribution >= 0.6 is 23.2 Å². The third-order valence-corrected chi connectivity index (χ3v) is 6.96. The second-order valence-corrected chi connectivity index (χ2v) is 9.76. The fourth-order valence-corrected chi connectivity index (χ4v) is 4.75. The van der Waals surface area contributed by atoms with Crippen molar-refractivity contribution in [3.8, 4) is 6.07 Å². The number of ether oxygens (including phenoxy) is 1. The van der Waals surface area contributed by atoms with Gasteiger partial charge in [0.1, 0.15) is 23.6 Å². The highest BCUT2D eigenvalue weighted by molar-refractivity contribution is 6.36. The minimum Gasteiger partial charge on any atom is -0.377 e. The molecule has 194 valence electrons. The molecule has 0 aliphatic carbocycles. The van der Waals surface area contributed by atoms with Gasteiger partial charge in [0.2, 0.25) is 0 Å². The molecule has 1 atom stereocenters. The third-order valence-electron chi connectivity index (χ3n) is 6.38. The molecule has 0 radical (unpaired) electrons. The predicted octanol–water partition coefficient (Wildman–Crippen LogP) is 6.06. The normalized spacial score (nSPS) is 14.0. The van der Waals surface area contributed by atoms with E-state index < -0.39 is 11.9 Å². The number of hydrogen-bond acceptors (Lipinski definition) is 8. The van der Waals surface area contributed by atoms with E-state index in [2.05, 4.69) is 37.0 Å². The molecule has 12 heteroatoms. The first kappa shape index (κ1) is 25.0. The highest BCUT2D eigenvalue weighted by Gasteiger charge is 2.25. The summed E-state index contributed by atoms with van der Waals surface area (Å²) in [5, 5.41) is 26.1. The zero-order valence-electron chi connectivity index (χ0n) is 20.1. The van der Waals surface area contributed by atoms with E-state index in [0.717, 1.165) is 5.56 Å². The lowest BCUT2D eigenvalue weighted by Crippen LogP contribution is -2.31. The molecule has 0 amide bonds. The van der Waals surface area contributed by atoms with Gasteiger partial charge >= 0.3 is 0 Å². The second-order valence-electron chi connectivity index (χ2n) is 8.95. The van der Waals surface area contributed by atoms with E-state index in [9.17, 15) is 9.65 Å². The molecule has 0 spiro atoms. The first-order valence-corrected chi connectivity index (χ1v) is 12.7. The van der Waals surface area contributed by atoms with Crippen molar-refractivity contribution in [2.45, 2.75) is 12.1 Å². The molecule has 2 aromatic carbocycles. The molecule has 4 heterocycles. The summed E-state index contributed by atoms with van der Waals surface area (Å²) in [6.07, 6.45) is 6.79. The Bertz CT molecular complexity index is 1720. The molecule has 6 rings (SSSR count). The van der Waals surface area contributed by atoms with Crippen LogP contribution in [0.2, 0.25) is 10.0 Å². The van der Waals surface area contributed by atoms with Crippen molar-refractivity contribution >= 4 is 51.2 Å². The number of nitrogens with one attached hydrogen (secondary N) is 2. The standard InChI is InChI=1S/C27H19Cl2FN8O/c28-21-7-17(3-4-23(21)30)34-25-16(9-31)11-33-27-20(25)6-18(8-22(27)29)35-26(15-2-1-5-32-10-15)24-12-38(37-36-24)19-13-39-14-19/h1-8,10-12,19,26,35H,13-14H2,(H,33,34). The highest BCUT2D eigenvalue weighted by atomic mass is 35.5. The van der Waals surface area contributed by atoms with Crippen LogP contribution in [0.1, 0.15) is 28.9 Å². The molecule has 0 saturated carbocycles. The lowest BCUT2D eigenvalue weighted by atomic mass is 10.0. The Labute approximate surface area is 232 Å². The van der Waals surface area contributed by atoms with Gasteiger partial charge in [-0.05, 0) is 42.0 Å². The maximum atomic E-state index is 13.7. The number of pyridine rings is 2. The summed E-state index contributed by atoms with van der Waals surface area (Å²) < 4.78 is 20.8. The molecule has 1 fully saturated rings. The molecule has 1 aliphatic heterocycles. The van der Waals surface area contributed by atoms with Crippen LogP contribution in [0.5, 0.6) is 0 Å². The molecule has 9 nitrogen and oxygen atoms in total. The molecule has 1 aliphatic rings. The Morgan fingerprint density at radius 2 is 1.95 bits per heavy atom. The zero-order valence-corrected chi connectivity index (χ0v) is 21.7. The van der Waals surface area contributed by atoms with Crippen LogP contribution in [-0.2, 0) is 4.74 Å². The van der Waals surface area contributed by atoms with Crippen LogP contribution in [0, 0.1) is 17.1 Å². The maximum absolute atomic E-state index is 13.7. The average Bonchev–Trinajstić information content (AvgIpc) is 3.38. The molecule has 1 saturated heterocycles. The largest absolute Gasteiger partial charge is 0.377 e. The van der Waals surface area contributed by atoms with Gasteiger partial charge in [0.05, 0.1) is 52.3 Å². The number of rotatable bonds is 7.